The number of anilines is 1. The van der Waals surface area contributed by atoms with Gasteiger partial charge in [0.25, 0.3) is 0 Å². The molecule has 0 fully saturated rings. The van der Waals surface area contributed by atoms with Gasteiger partial charge in [-0.15, -0.1) is 0 Å². The van der Waals surface area contributed by atoms with E-state index >= 15 is 0 Å². The number of carbonyl (C=O) groups is 2. The number of rotatable bonds is 5. The van der Waals surface area contributed by atoms with Crippen molar-refractivity contribution in [1.82, 2.24) is 4.90 Å². The standard InChI is InChI=1S/C14H18F2N2O2/c1-4-9(2)18(10(3)19)8-14(20)17-11-5-6-12(15)13(16)7-11/h5-7,9H,4,8H2,1-3H3,(H,17,20). The Morgan fingerprint density at radius 1 is 1.30 bits per heavy atom. The van der Waals surface area contributed by atoms with E-state index in [0.717, 1.165) is 18.6 Å². The molecule has 0 aliphatic heterocycles. The fourth-order valence-electron chi connectivity index (χ4n) is 1.73. The Labute approximate surface area is 116 Å². The summed E-state index contributed by atoms with van der Waals surface area (Å²) in [5.41, 5.74) is 0.154. The highest BCUT2D eigenvalue weighted by Gasteiger charge is 2.18. The minimum Gasteiger partial charge on any atom is -0.331 e. The van der Waals surface area contributed by atoms with Crippen LogP contribution in [0.3, 0.4) is 0 Å². The second-order valence-corrected chi connectivity index (χ2v) is 4.58. The van der Waals surface area contributed by atoms with Crippen LogP contribution in [0.4, 0.5) is 14.5 Å². The van der Waals surface area contributed by atoms with Gasteiger partial charge in [-0.2, -0.15) is 0 Å². The molecule has 0 radical (unpaired) electrons. The molecule has 20 heavy (non-hydrogen) atoms. The van der Waals surface area contributed by atoms with Crippen LogP contribution in [-0.2, 0) is 9.59 Å². The lowest BCUT2D eigenvalue weighted by atomic mass is 10.2. The monoisotopic (exact) mass is 284 g/mol. The molecule has 1 unspecified atom stereocenters. The third kappa shape index (κ3) is 4.29. The first-order chi connectivity index (χ1) is 9.35. The van der Waals surface area contributed by atoms with Gasteiger partial charge in [0.05, 0.1) is 0 Å². The number of hydrogen-bond acceptors (Lipinski definition) is 2. The molecule has 0 bridgehead atoms. The summed E-state index contributed by atoms with van der Waals surface area (Å²) in [5.74, 6) is -2.67. The van der Waals surface area contributed by atoms with E-state index in [4.69, 9.17) is 0 Å². The predicted molar refractivity (Wildman–Crippen MR) is 72.1 cm³/mol. The first-order valence-electron chi connectivity index (χ1n) is 6.37. The van der Waals surface area contributed by atoms with E-state index in [9.17, 15) is 18.4 Å². The fraction of sp³-hybridized carbons (Fsp3) is 0.429. The van der Waals surface area contributed by atoms with E-state index in [-0.39, 0.29) is 24.2 Å². The zero-order chi connectivity index (χ0) is 15.3. The van der Waals surface area contributed by atoms with Gasteiger partial charge in [-0.1, -0.05) is 6.92 Å². The summed E-state index contributed by atoms with van der Waals surface area (Å²) in [5, 5.41) is 2.43. The van der Waals surface area contributed by atoms with Gasteiger partial charge in [0.1, 0.15) is 6.54 Å². The molecule has 0 heterocycles. The molecule has 1 rings (SSSR count). The summed E-state index contributed by atoms with van der Waals surface area (Å²) < 4.78 is 25.8. The van der Waals surface area contributed by atoms with Gasteiger partial charge in [0.15, 0.2) is 11.6 Å². The number of halogens is 2. The van der Waals surface area contributed by atoms with Crippen LogP contribution < -0.4 is 5.32 Å². The Hall–Kier alpha value is -1.98. The highest BCUT2D eigenvalue weighted by molar-refractivity contribution is 5.94. The Balaban J connectivity index is 2.70. The molecule has 0 aliphatic carbocycles. The molecule has 1 N–H and O–H groups in total. The van der Waals surface area contributed by atoms with Crippen molar-refractivity contribution in [3.05, 3.63) is 29.8 Å². The van der Waals surface area contributed by atoms with Gasteiger partial charge in [-0.05, 0) is 25.5 Å². The van der Waals surface area contributed by atoms with E-state index in [2.05, 4.69) is 5.32 Å². The molecule has 2 amide bonds. The number of benzene rings is 1. The zero-order valence-corrected chi connectivity index (χ0v) is 11.7. The van der Waals surface area contributed by atoms with Crippen molar-refractivity contribution < 1.29 is 18.4 Å². The SMILES string of the molecule is CCC(C)N(CC(=O)Nc1ccc(F)c(F)c1)C(C)=O. The second kappa shape index (κ2) is 6.98. The van der Waals surface area contributed by atoms with Crippen LogP contribution in [0, 0.1) is 11.6 Å². The molecule has 1 aromatic carbocycles. The summed E-state index contributed by atoms with van der Waals surface area (Å²) >= 11 is 0. The van der Waals surface area contributed by atoms with E-state index in [1.165, 1.54) is 17.9 Å². The van der Waals surface area contributed by atoms with Crippen molar-refractivity contribution >= 4 is 17.5 Å². The van der Waals surface area contributed by atoms with Crippen LogP contribution in [0.25, 0.3) is 0 Å². The van der Waals surface area contributed by atoms with Gasteiger partial charge >= 0.3 is 0 Å². The van der Waals surface area contributed by atoms with Crippen LogP contribution in [0.1, 0.15) is 27.2 Å². The molecule has 1 atom stereocenters. The molecular formula is C14H18F2N2O2. The molecule has 4 nitrogen and oxygen atoms in total. The molecule has 0 aliphatic rings. The summed E-state index contributed by atoms with van der Waals surface area (Å²) in [4.78, 5) is 24.7. The highest BCUT2D eigenvalue weighted by Crippen LogP contribution is 2.13. The third-order valence-electron chi connectivity index (χ3n) is 3.04. The maximum Gasteiger partial charge on any atom is 0.244 e. The van der Waals surface area contributed by atoms with Crippen molar-refractivity contribution in [3.63, 3.8) is 0 Å². The topological polar surface area (TPSA) is 49.4 Å². The van der Waals surface area contributed by atoms with Crippen molar-refractivity contribution in [3.8, 4) is 0 Å². The number of hydrogen-bond donors (Lipinski definition) is 1. The average molecular weight is 284 g/mol. The summed E-state index contributed by atoms with van der Waals surface area (Å²) in [6.45, 7) is 5.01. The Morgan fingerprint density at radius 2 is 1.95 bits per heavy atom. The lowest BCUT2D eigenvalue weighted by molar-refractivity contribution is -0.134. The number of nitrogens with zero attached hydrogens (tertiary/aromatic N) is 1. The quantitative estimate of drug-likeness (QED) is 0.903. The van der Waals surface area contributed by atoms with Gasteiger partial charge in [0, 0.05) is 24.7 Å². The average Bonchev–Trinajstić information content (AvgIpc) is 2.39. The van der Waals surface area contributed by atoms with Gasteiger partial charge in [-0.3, -0.25) is 9.59 Å². The maximum atomic E-state index is 13.0. The zero-order valence-electron chi connectivity index (χ0n) is 11.7. The van der Waals surface area contributed by atoms with Crippen LogP contribution in [-0.4, -0.2) is 29.3 Å². The van der Waals surface area contributed by atoms with Crippen LogP contribution in [0.5, 0.6) is 0 Å². The highest BCUT2D eigenvalue weighted by atomic mass is 19.2. The largest absolute Gasteiger partial charge is 0.331 e. The van der Waals surface area contributed by atoms with Gasteiger partial charge in [0.2, 0.25) is 11.8 Å². The molecular weight excluding hydrogens is 266 g/mol. The molecule has 1 aromatic rings. The third-order valence-corrected chi connectivity index (χ3v) is 3.04. The van der Waals surface area contributed by atoms with Crippen molar-refractivity contribution in [2.75, 3.05) is 11.9 Å². The lowest BCUT2D eigenvalue weighted by Crippen LogP contribution is -2.42. The fourth-order valence-corrected chi connectivity index (χ4v) is 1.73. The Bertz CT molecular complexity index is 506. The maximum absolute atomic E-state index is 13.0. The smallest absolute Gasteiger partial charge is 0.244 e. The lowest BCUT2D eigenvalue weighted by Gasteiger charge is -2.26. The van der Waals surface area contributed by atoms with Crippen molar-refractivity contribution in [1.29, 1.82) is 0 Å². The minimum absolute atomic E-state index is 0.0665. The van der Waals surface area contributed by atoms with E-state index < -0.39 is 17.5 Å². The van der Waals surface area contributed by atoms with E-state index in [1.54, 1.807) is 0 Å². The summed E-state index contributed by atoms with van der Waals surface area (Å²) in [6, 6.07) is 3.03. The van der Waals surface area contributed by atoms with Crippen molar-refractivity contribution in [2.24, 2.45) is 0 Å². The summed E-state index contributed by atoms with van der Waals surface area (Å²) in [6.07, 6.45) is 0.720. The van der Waals surface area contributed by atoms with Crippen LogP contribution >= 0.6 is 0 Å². The summed E-state index contributed by atoms with van der Waals surface area (Å²) in [7, 11) is 0. The minimum atomic E-state index is -1.03. The van der Waals surface area contributed by atoms with Crippen LogP contribution in [0.2, 0.25) is 0 Å². The van der Waals surface area contributed by atoms with Gasteiger partial charge in [-0.25, -0.2) is 8.78 Å². The molecule has 0 saturated carbocycles. The first kappa shape index (κ1) is 16.1. The number of amides is 2. The normalized spacial score (nSPS) is 11.8. The Morgan fingerprint density at radius 3 is 2.45 bits per heavy atom. The second-order valence-electron chi connectivity index (χ2n) is 4.58. The number of nitrogens with one attached hydrogen (secondary N) is 1. The van der Waals surface area contributed by atoms with Crippen LogP contribution in [0.15, 0.2) is 18.2 Å². The molecule has 0 spiro atoms. The molecule has 0 saturated heterocycles. The van der Waals surface area contributed by atoms with E-state index in [1.807, 2.05) is 13.8 Å². The molecule has 6 heteroatoms. The Kier molecular flexibility index (Phi) is 5.61. The molecule has 0 aromatic heterocycles. The first-order valence-corrected chi connectivity index (χ1v) is 6.37. The molecule has 110 valence electrons. The van der Waals surface area contributed by atoms with Crippen molar-refractivity contribution in [2.45, 2.75) is 33.2 Å². The number of carbonyl (C=O) groups excluding carboxylic acids is 2. The van der Waals surface area contributed by atoms with E-state index in [0.29, 0.717) is 0 Å². The predicted octanol–water partition coefficient (Wildman–Crippen LogP) is 2.55. The van der Waals surface area contributed by atoms with Gasteiger partial charge < -0.3 is 10.2 Å².